The number of hydrogen-bond acceptors (Lipinski definition) is 5. The van der Waals surface area contributed by atoms with Gasteiger partial charge in [-0.15, -0.1) is 0 Å². The van der Waals surface area contributed by atoms with E-state index in [9.17, 15) is 26.4 Å². The molecule has 10 heteroatoms. The lowest BCUT2D eigenvalue weighted by atomic mass is 9.95. The Balaban J connectivity index is 1.93. The van der Waals surface area contributed by atoms with E-state index in [0.717, 1.165) is 32.1 Å². The quantitative estimate of drug-likeness (QED) is 0.587. The summed E-state index contributed by atoms with van der Waals surface area (Å²) in [4.78, 5) is 15.5. The van der Waals surface area contributed by atoms with Crippen molar-refractivity contribution in [2.75, 3.05) is 44.2 Å². The number of sulfone groups is 1. The number of nitrogens with zero attached hydrogens (tertiary/aromatic N) is 2. The minimum absolute atomic E-state index is 0.0351. The molecule has 1 aromatic carbocycles. The van der Waals surface area contributed by atoms with E-state index in [1.807, 2.05) is 0 Å². The Labute approximate surface area is 176 Å². The lowest BCUT2D eigenvalue weighted by molar-refractivity contribution is -0.125. The summed E-state index contributed by atoms with van der Waals surface area (Å²) >= 11 is 0. The third kappa shape index (κ3) is 5.87. The van der Waals surface area contributed by atoms with Crippen LogP contribution in [0.4, 0.5) is 18.9 Å². The molecule has 170 valence electrons. The van der Waals surface area contributed by atoms with Crippen LogP contribution in [0, 0.1) is 5.92 Å². The summed E-state index contributed by atoms with van der Waals surface area (Å²) in [5.41, 5.74) is -5.32. The monoisotopic (exact) mass is 449 g/mol. The fraction of sp³-hybridized carbons (Fsp3) is 0.650. The molecule has 0 atom stereocenters. The Hall–Kier alpha value is -1.81. The Morgan fingerprint density at radius 1 is 1.17 bits per heavy atom. The topological polar surface area (TPSA) is 69.7 Å². The molecule has 2 rings (SSSR count). The molecule has 0 aromatic heterocycles. The number of amides is 1. The molecule has 1 aromatic rings. The van der Waals surface area contributed by atoms with Crippen molar-refractivity contribution in [3.05, 3.63) is 24.3 Å². The van der Waals surface area contributed by atoms with Crippen molar-refractivity contribution < 1.29 is 26.4 Å². The molecule has 0 spiro atoms. The van der Waals surface area contributed by atoms with Crippen molar-refractivity contribution in [2.24, 2.45) is 5.92 Å². The van der Waals surface area contributed by atoms with E-state index in [0.29, 0.717) is 32.5 Å². The van der Waals surface area contributed by atoms with Crippen molar-refractivity contribution >= 4 is 21.4 Å². The van der Waals surface area contributed by atoms with Gasteiger partial charge in [-0.1, -0.05) is 26.0 Å². The zero-order valence-corrected chi connectivity index (χ0v) is 18.2. The average Bonchev–Trinajstić information content (AvgIpc) is 2.73. The number of alkyl halides is 3. The first-order valence-corrected chi connectivity index (χ1v) is 11.8. The van der Waals surface area contributed by atoms with Gasteiger partial charge in [0.05, 0.1) is 10.6 Å². The van der Waals surface area contributed by atoms with Crippen molar-refractivity contribution in [1.29, 1.82) is 0 Å². The van der Waals surface area contributed by atoms with E-state index in [1.54, 1.807) is 4.90 Å². The summed E-state index contributed by atoms with van der Waals surface area (Å²) in [6.45, 7) is 8.26. The minimum Gasteiger partial charge on any atom is -0.370 e. The number of piperidine rings is 1. The number of carbonyl (C=O) groups is 1. The third-order valence-electron chi connectivity index (χ3n) is 5.51. The van der Waals surface area contributed by atoms with Crippen LogP contribution in [0.5, 0.6) is 0 Å². The standard InChI is InChI=1S/C20H30F3N3O3S/c1-3-25(4-2)13-7-12-24-19(27)16-10-14-26(15-11-16)17-8-5-6-9-18(17)30(28,29)20(21,22)23/h5-6,8-9,16H,3-4,7,10-15H2,1-2H3,(H,24,27). The number of benzene rings is 1. The Bertz CT molecular complexity index is 803. The van der Waals surface area contributed by atoms with Crippen LogP contribution in [0.25, 0.3) is 0 Å². The summed E-state index contributed by atoms with van der Waals surface area (Å²) in [6, 6.07) is 5.15. The van der Waals surface area contributed by atoms with E-state index in [-0.39, 0.29) is 17.5 Å². The Kier molecular flexibility index (Phi) is 8.54. The van der Waals surface area contributed by atoms with E-state index >= 15 is 0 Å². The van der Waals surface area contributed by atoms with Crippen LogP contribution >= 0.6 is 0 Å². The van der Waals surface area contributed by atoms with Gasteiger partial charge in [-0.2, -0.15) is 13.2 Å². The van der Waals surface area contributed by atoms with Crippen LogP contribution in [0.15, 0.2) is 29.2 Å². The molecule has 1 amide bonds. The molecule has 0 unspecified atom stereocenters. The molecule has 0 saturated carbocycles. The highest BCUT2D eigenvalue weighted by Gasteiger charge is 2.48. The second kappa shape index (κ2) is 10.5. The maximum absolute atomic E-state index is 13.0. The van der Waals surface area contributed by atoms with Gasteiger partial charge in [0.2, 0.25) is 5.91 Å². The Morgan fingerprint density at radius 2 is 1.77 bits per heavy atom. The zero-order valence-electron chi connectivity index (χ0n) is 17.4. The predicted molar refractivity (Wildman–Crippen MR) is 110 cm³/mol. The van der Waals surface area contributed by atoms with E-state index in [2.05, 4.69) is 24.1 Å². The SMILES string of the molecule is CCN(CC)CCCNC(=O)C1CCN(c2ccccc2S(=O)(=O)C(F)(F)F)CC1. The summed E-state index contributed by atoms with van der Waals surface area (Å²) in [7, 11) is -5.44. The predicted octanol–water partition coefficient (Wildman–Crippen LogP) is 3.04. The molecule has 30 heavy (non-hydrogen) atoms. The van der Waals surface area contributed by atoms with Crippen LogP contribution in [-0.2, 0) is 14.6 Å². The molecule has 0 aliphatic carbocycles. The minimum atomic E-state index is -5.44. The first-order chi connectivity index (χ1) is 14.1. The number of para-hydroxylation sites is 1. The molecular weight excluding hydrogens is 419 g/mol. The van der Waals surface area contributed by atoms with Gasteiger partial charge >= 0.3 is 5.51 Å². The van der Waals surface area contributed by atoms with E-state index in [4.69, 9.17) is 0 Å². The highest BCUT2D eigenvalue weighted by Crippen LogP contribution is 2.37. The van der Waals surface area contributed by atoms with Gasteiger partial charge in [0.15, 0.2) is 0 Å². The largest absolute Gasteiger partial charge is 0.501 e. The molecule has 1 N–H and O–H groups in total. The van der Waals surface area contributed by atoms with Gasteiger partial charge in [0, 0.05) is 25.6 Å². The van der Waals surface area contributed by atoms with Crippen molar-refractivity contribution in [3.8, 4) is 0 Å². The summed E-state index contributed by atoms with van der Waals surface area (Å²) in [6.07, 6.45) is 1.78. The van der Waals surface area contributed by atoms with Gasteiger partial charge in [-0.05, 0) is 51.0 Å². The molecular formula is C20H30F3N3O3S. The molecule has 1 fully saturated rings. The molecule has 0 bridgehead atoms. The third-order valence-corrected chi connectivity index (χ3v) is 7.04. The van der Waals surface area contributed by atoms with E-state index in [1.165, 1.54) is 18.2 Å². The van der Waals surface area contributed by atoms with Crippen LogP contribution in [0.1, 0.15) is 33.1 Å². The lowest BCUT2D eigenvalue weighted by Gasteiger charge is -2.34. The highest BCUT2D eigenvalue weighted by atomic mass is 32.2. The fourth-order valence-electron chi connectivity index (χ4n) is 3.65. The maximum Gasteiger partial charge on any atom is 0.501 e. The van der Waals surface area contributed by atoms with Crippen molar-refractivity contribution in [1.82, 2.24) is 10.2 Å². The average molecular weight is 450 g/mol. The van der Waals surface area contributed by atoms with Gasteiger partial charge in [0.25, 0.3) is 9.84 Å². The van der Waals surface area contributed by atoms with Gasteiger partial charge < -0.3 is 15.1 Å². The second-order valence-electron chi connectivity index (χ2n) is 7.35. The molecule has 1 aliphatic rings. The summed E-state index contributed by atoms with van der Waals surface area (Å²) in [5, 5.41) is 2.94. The molecule has 6 nitrogen and oxygen atoms in total. The number of anilines is 1. The number of halogens is 3. The molecule has 0 radical (unpaired) electrons. The lowest BCUT2D eigenvalue weighted by Crippen LogP contribution is -2.41. The van der Waals surface area contributed by atoms with E-state index < -0.39 is 20.2 Å². The first-order valence-electron chi connectivity index (χ1n) is 10.3. The number of hydrogen-bond donors (Lipinski definition) is 1. The smallest absolute Gasteiger partial charge is 0.370 e. The van der Waals surface area contributed by atoms with Gasteiger partial charge in [-0.25, -0.2) is 8.42 Å². The molecule has 1 aliphatic heterocycles. The number of carbonyl (C=O) groups excluding carboxylic acids is 1. The number of rotatable bonds is 9. The van der Waals surface area contributed by atoms with Crippen LogP contribution < -0.4 is 10.2 Å². The van der Waals surface area contributed by atoms with Gasteiger partial charge in [-0.3, -0.25) is 4.79 Å². The highest BCUT2D eigenvalue weighted by molar-refractivity contribution is 7.92. The second-order valence-corrected chi connectivity index (χ2v) is 9.26. The zero-order chi connectivity index (χ0) is 22.4. The fourth-order valence-corrected chi connectivity index (χ4v) is 4.63. The van der Waals surface area contributed by atoms with Crippen molar-refractivity contribution in [2.45, 2.75) is 43.5 Å². The summed E-state index contributed by atoms with van der Waals surface area (Å²) in [5.74, 6) is -0.272. The first kappa shape index (κ1) is 24.5. The van der Waals surface area contributed by atoms with Gasteiger partial charge in [0.1, 0.15) is 0 Å². The van der Waals surface area contributed by atoms with Crippen LogP contribution in [0.2, 0.25) is 0 Å². The normalized spacial score (nSPS) is 16.1. The summed E-state index contributed by atoms with van der Waals surface area (Å²) < 4.78 is 62.9. The van der Waals surface area contributed by atoms with Crippen molar-refractivity contribution in [3.63, 3.8) is 0 Å². The van der Waals surface area contributed by atoms with Crippen LogP contribution in [-0.4, -0.2) is 64.0 Å². The maximum atomic E-state index is 13.0. The van der Waals surface area contributed by atoms with Crippen LogP contribution in [0.3, 0.4) is 0 Å². The Morgan fingerprint density at radius 3 is 2.33 bits per heavy atom. The number of nitrogens with one attached hydrogen (secondary N) is 1. The molecule has 1 saturated heterocycles. The molecule has 1 heterocycles.